The van der Waals surface area contributed by atoms with Crippen LogP contribution in [0.4, 0.5) is 18.0 Å². The number of fused-ring (bicyclic) bond motifs is 5. The van der Waals surface area contributed by atoms with Crippen LogP contribution in [0.2, 0.25) is 0 Å². The van der Waals surface area contributed by atoms with E-state index >= 15 is 0 Å². The predicted molar refractivity (Wildman–Crippen MR) is 164 cm³/mol. The molecule has 2 aromatic rings. The summed E-state index contributed by atoms with van der Waals surface area (Å²) in [6.45, 7) is 5.61. The summed E-state index contributed by atoms with van der Waals surface area (Å²) in [4.78, 5) is 50.4. The van der Waals surface area contributed by atoms with Gasteiger partial charge in [0.1, 0.15) is 35.7 Å². The average Bonchev–Trinajstić information content (AvgIpc) is 3.61. The third-order valence-corrected chi connectivity index (χ3v) is 9.17. The molecule has 2 bridgehead atoms. The Hall–Kier alpha value is -3.84. The minimum atomic E-state index is -4.51. The molecule has 0 spiro atoms. The fourth-order valence-corrected chi connectivity index (χ4v) is 6.57. The first-order valence-electron chi connectivity index (χ1n) is 16.3. The van der Waals surface area contributed by atoms with Gasteiger partial charge in [-0.15, -0.1) is 0 Å². The van der Waals surface area contributed by atoms with Gasteiger partial charge in [0.15, 0.2) is 6.61 Å². The molecular weight excluding hydrogens is 621 g/mol. The lowest BCUT2D eigenvalue weighted by atomic mass is 9.85. The molecular formula is C33H43F3N4O7. The summed E-state index contributed by atoms with van der Waals surface area (Å²) in [6.07, 6.45) is -0.0588. The molecule has 2 amide bonds. The Kier molecular flexibility index (Phi) is 10.1. The second kappa shape index (κ2) is 13.7. The number of carboxylic acid groups (broad SMARTS) is 1. The van der Waals surface area contributed by atoms with Gasteiger partial charge in [0.2, 0.25) is 11.8 Å². The minimum absolute atomic E-state index is 0.0349. The molecule has 1 aromatic heterocycles. The topological polar surface area (TPSA) is 140 Å². The summed E-state index contributed by atoms with van der Waals surface area (Å²) in [7, 11) is 0. The van der Waals surface area contributed by atoms with E-state index in [2.05, 4.69) is 10.3 Å². The van der Waals surface area contributed by atoms with Crippen molar-refractivity contribution in [2.75, 3.05) is 13.2 Å². The van der Waals surface area contributed by atoms with Crippen LogP contribution < -0.4 is 14.8 Å². The number of ether oxygens (including phenoxy) is 3. The highest BCUT2D eigenvalue weighted by Crippen LogP contribution is 2.39. The molecule has 3 aliphatic rings. The summed E-state index contributed by atoms with van der Waals surface area (Å²) in [6, 6.07) is 2.00. The normalized spacial score (nSPS) is 27.7. The van der Waals surface area contributed by atoms with Gasteiger partial charge in [-0.05, 0) is 55.6 Å². The molecule has 1 aromatic carbocycles. The van der Waals surface area contributed by atoms with Crippen molar-refractivity contribution in [1.29, 1.82) is 0 Å². The summed E-state index contributed by atoms with van der Waals surface area (Å²) < 4.78 is 55.4. The smallest absolute Gasteiger partial charge is 0.422 e. The number of rotatable bonds is 4. The van der Waals surface area contributed by atoms with E-state index in [9.17, 15) is 32.7 Å². The molecule has 2 aliphatic heterocycles. The van der Waals surface area contributed by atoms with Crippen molar-refractivity contribution >= 4 is 29.0 Å². The molecule has 1 saturated heterocycles. The van der Waals surface area contributed by atoms with Gasteiger partial charge >= 0.3 is 18.2 Å². The number of alkyl carbamates (subject to hydrolysis) is 1. The Bertz CT molecular complexity index is 1480. The van der Waals surface area contributed by atoms with E-state index in [-0.39, 0.29) is 35.7 Å². The lowest BCUT2D eigenvalue weighted by Crippen LogP contribution is -2.57. The summed E-state index contributed by atoms with van der Waals surface area (Å²) >= 11 is 0. The monoisotopic (exact) mass is 664 g/mol. The zero-order chi connectivity index (χ0) is 34.1. The first-order chi connectivity index (χ1) is 22.1. The van der Waals surface area contributed by atoms with Crippen LogP contribution in [-0.4, -0.2) is 81.6 Å². The van der Waals surface area contributed by atoms with Crippen LogP contribution in [0.5, 0.6) is 11.6 Å². The van der Waals surface area contributed by atoms with Gasteiger partial charge in [-0.2, -0.15) is 13.2 Å². The van der Waals surface area contributed by atoms with Gasteiger partial charge in [0.25, 0.3) is 0 Å². The van der Waals surface area contributed by atoms with E-state index in [0.717, 1.165) is 38.5 Å². The lowest BCUT2D eigenvalue weighted by Gasteiger charge is -2.34. The number of aliphatic carboxylic acids is 1. The number of hydrogen-bond donors (Lipinski definition) is 2. The van der Waals surface area contributed by atoms with Crippen molar-refractivity contribution in [2.24, 2.45) is 17.3 Å². The molecule has 6 atom stereocenters. The lowest BCUT2D eigenvalue weighted by molar-refractivity contribution is -0.153. The van der Waals surface area contributed by atoms with Crippen molar-refractivity contribution in [2.45, 2.75) is 110 Å². The van der Waals surface area contributed by atoms with Crippen LogP contribution in [0.25, 0.3) is 11.0 Å². The number of hydrogen-bond acceptors (Lipinski definition) is 8. The van der Waals surface area contributed by atoms with Crippen LogP contribution in [0.1, 0.15) is 78.3 Å². The van der Waals surface area contributed by atoms with E-state index in [4.69, 9.17) is 19.2 Å². The van der Waals surface area contributed by atoms with E-state index in [0.29, 0.717) is 24.1 Å². The van der Waals surface area contributed by atoms with Crippen molar-refractivity contribution in [1.82, 2.24) is 20.2 Å². The van der Waals surface area contributed by atoms with E-state index in [1.54, 1.807) is 26.8 Å². The van der Waals surface area contributed by atoms with Gasteiger partial charge in [0.05, 0.1) is 17.6 Å². The fraction of sp³-hybridized carbons (Fsp3) is 0.667. The molecule has 2 N–H and O–H groups in total. The highest BCUT2D eigenvalue weighted by atomic mass is 19.4. The standard InChI is InChI=1S/C33H43F3N4O7/c1-5-20-25-16-40(26(20)30(42)43)29(41)27(32(2,3)4)39-31(44)47-24-14-18(24)10-8-6-7-9-11-22-28(46-25)38-23-15-19(12-13-21(23)37-22)45-17-33(34,35)36/h12-13,15,18,20,24-27H,5-11,14,16-17H2,1-4H3,(H,39,44)(H,42,43)/t18-,20-,24-,25+,26+,27-/m1/s1. The second-order valence-electron chi connectivity index (χ2n) is 13.9. The van der Waals surface area contributed by atoms with Crippen LogP contribution in [0.3, 0.4) is 0 Å². The molecule has 258 valence electrons. The van der Waals surface area contributed by atoms with Crippen molar-refractivity contribution in [3.05, 3.63) is 23.9 Å². The first-order valence-corrected chi connectivity index (χ1v) is 16.3. The number of nitrogens with zero attached hydrogens (tertiary/aromatic N) is 3. The molecule has 14 heteroatoms. The molecule has 1 aliphatic carbocycles. The number of amides is 2. The maximum absolute atomic E-state index is 14.1. The Morgan fingerprint density at radius 3 is 2.49 bits per heavy atom. The number of carbonyl (C=O) groups is 3. The molecule has 47 heavy (non-hydrogen) atoms. The quantitative estimate of drug-likeness (QED) is 0.423. The van der Waals surface area contributed by atoms with Gasteiger partial charge in [-0.1, -0.05) is 47.0 Å². The Morgan fingerprint density at radius 1 is 1.06 bits per heavy atom. The predicted octanol–water partition coefficient (Wildman–Crippen LogP) is 5.68. The number of halogens is 3. The van der Waals surface area contributed by atoms with Crippen molar-refractivity contribution in [3.8, 4) is 11.6 Å². The SMILES string of the molecule is CC[C@@H]1[C@@H]2CN(C(=O)[C@H](C(C)(C)C)NC(=O)O[C@@H]3C[C@H]3CCCCCCc3nc4ccc(OCC(F)(F)F)cc4nc3O2)[C@@H]1C(=O)O. The first kappa shape index (κ1) is 34.5. The van der Waals surface area contributed by atoms with Crippen LogP contribution >= 0.6 is 0 Å². The molecule has 5 rings (SSSR count). The van der Waals surface area contributed by atoms with E-state index in [1.807, 2.05) is 6.92 Å². The summed E-state index contributed by atoms with van der Waals surface area (Å²) in [5, 5.41) is 13.1. The van der Waals surface area contributed by atoms with Crippen molar-refractivity contribution < 1.29 is 46.9 Å². The largest absolute Gasteiger partial charge is 0.484 e. The zero-order valence-corrected chi connectivity index (χ0v) is 27.1. The number of benzene rings is 1. The fourth-order valence-electron chi connectivity index (χ4n) is 6.57. The molecule has 3 heterocycles. The third kappa shape index (κ3) is 8.36. The van der Waals surface area contributed by atoms with Gasteiger partial charge in [-0.3, -0.25) is 4.79 Å². The van der Waals surface area contributed by atoms with E-state index in [1.165, 1.54) is 17.0 Å². The third-order valence-electron chi connectivity index (χ3n) is 9.17. The Labute approximate surface area is 271 Å². The molecule has 11 nitrogen and oxygen atoms in total. The second-order valence-corrected chi connectivity index (χ2v) is 13.9. The highest BCUT2D eigenvalue weighted by molar-refractivity contribution is 5.90. The zero-order valence-electron chi connectivity index (χ0n) is 27.1. The maximum atomic E-state index is 14.1. The van der Waals surface area contributed by atoms with Crippen LogP contribution in [0.15, 0.2) is 18.2 Å². The van der Waals surface area contributed by atoms with Gasteiger partial charge in [0, 0.05) is 12.0 Å². The van der Waals surface area contributed by atoms with E-state index < -0.39 is 60.3 Å². The number of carbonyl (C=O) groups excluding carboxylic acids is 2. The van der Waals surface area contributed by atoms with Crippen molar-refractivity contribution in [3.63, 3.8) is 0 Å². The maximum Gasteiger partial charge on any atom is 0.422 e. The molecule has 0 radical (unpaired) electrons. The highest BCUT2D eigenvalue weighted by Gasteiger charge is 2.52. The van der Waals surface area contributed by atoms with Crippen LogP contribution in [0, 0.1) is 17.3 Å². The van der Waals surface area contributed by atoms with Crippen LogP contribution in [-0.2, 0) is 20.7 Å². The number of carboxylic acids is 1. The Morgan fingerprint density at radius 2 is 1.81 bits per heavy atom. The number of aryl methyl sites for hydroxylation is 1. The average molecular weight is 665 g/mol. The Balaban J connectivity index is 1.50. The summed E-state index contributed by atoms with van der Waals surface area (Å²) in [5.41, 5.74) is 0.475. The molecule has 1 saturated carbocycles. The molecule has 0 unspecified atom stereocenters. The van der Waals surface area contributed by atoms with Gasteiger partial charge in [-0.25, -0.2) is 19.6 Å². The minimum Gasteiger partial charge on any atom is -0.484 e. The molecule has 2 fully saturated rings. The van der Waals surface area contributed by atoms with Gasteiger partial charge < -0.3 is 29.5 Å². The summed E-state index contributed by atoms with van der Waals surface area (Å²) in [5.74, 6) is -2.02. The number of alkyl halides is 3. The number of nitrogens with one attached hydrogen (secondary N) is 1. The number of aromatic nitrogens is 2.